The lowest BCUT2D eigenvalue weighted by atomic mass is 10.2. The molecule has 0 spiro atoms. The normalized spacial score (nSPS) is 9.38. The van der Waals surface area contributed by atoms with Gasteiger partial charge in [-0.15, -0.1) is 12.4 Å². The van der Waals surface area contributed by atoms with E-state index in [1.165, 1.54) is 11.1 Å². The van der Waals surface area contributed by atoms with E-state index in [1.54, 1.807) is 0 Å². The molecule has 0 saturated heterocycles. The Morgan fingerprint density at radius 3 is 2.77 bits per heavy atom. The van der Waals surface area contributed by atoms with Crippen LogP contribution in [0.3, 0.4) is 0 Å². The molecular weight excluding hydrogens is 202 g/mol. The summed E-state index contributed by atoms with van der Waals surface area (Å²) in [5, 5.41) is 0. The Labute approximate surface area is 90.5 Å². The summed E-state index contributed by atoms with van der Waals surface area (Å²) in [6, 6.07) is 8.62. The second kappa shape index (κ2) is 7.25. The third-order valence-electron chi connectivity index (χ3n) is 1.61. The van der Waals surface area contributed by atoms with E-state index in [4.69, 9.17) is 5.73 Å². The third-order valence-corrected chi connectivity index (χ3v) is 2.68. The van der Waals surface area contributed by atoms with Gasteiger partial charge in [-0.2, -0.15) is 11.8 Å². The number of benzene rings is 1. The number of thioether (sulfide) groups is 1. The molecule has 0 saturated carbocycles. The Morgan fingerprint density at radius 2 is 2.15 bits per heavy atom. The van der Waals surface area contributed by atoms with Crippen molar-refractivity contribution in [2.24, 2.45) is 5.73 Å². The molecule has 0 atom stereocenters. The van der Waals surface area contributed by atoms with Gasteiger partial charge in [0.25, 0.3) is 0 Å². The van der Waals surface area contributed by atoms with E-state index in [2.05, 4.69) is 31.2 Å². The molecule has 0 bridgehead atoms. The molecule has 0 aliphatic carbocycles. The van der Waals surface area contributed by atoms with Gasteiger partial charge in [0.15, 0.2) is 0 Å². The molecule has 13 heavy (non-hydrogen) atoms. The minimum atomic E-state index is 0. The highest BCUT2D eigenvalue weighted by molar-refractivity contribution is 7.98. The van der Waals surface area contributed by atoms with Crippen molar-refractivity contribution in [1.29, 1.82) is 0 Å². The summed E-state index contributed by atoms with van der Waals surface area (Å²) in [6.07, 6.45) is 0. The van der Waals surface area contributed by atoms with Crippen LogP contribution < -0.4 is 5.73 Å². The van der Waals surface area contributed by atoms with Crippen LogP contribution in [0.1, 0.15) is 11.1 Å². The maximum atomic E-state index is 5.40. The molecule has 0 unspecified atom stereocenters. The van der Waals surface area contributed by atoms with E-state index in [1.807, 2.05) is 11.8 Å². The molecule has 0 aliphatic rings. The SMILES string of the molecule is Cc1cccc(CSCCN)c1.Cl. The minimum absolute atomic E-state index is 0. The lowest BCUT2D eigenvalue weighted by Gasteiger charge is -2.00. The van der Waals surface area contributed by atoms with Crippen LogP contribution in [0.5, 0.6) is 0 Å². The zero-order chi connectivity index (χ0) is 8.81. The Hall–Kier alpha value is -0.180. The molecule has 0 aromatic heterocycles. The Kier molecular flexibility index (Phi) is 7.14. The van der Waals surface area contributed by atoms with E-state index >= 15 is 0 Å². The standard InChI is InChI=1S/C10H15NS.ClH/c1-9-3-2-4-10(7-9)8-12-6-5-11;/h2-4,7H,5-6,8,11H2,1H3;1H. The molecule has 0 heterocycles. The molecule has 1 rings (SSSR count). The van der Waals surface area contributed by atoms with E-state index in [0.29, 0.717) is 0 Å². The molecule has 1 aromatic carbocycles. The minimum Gasteiger partial charge on any atom is -0.330 e. The van der Waals surface area contributed by atoms with Crippen molar-refractivity contribution in [3.63, 3.8) is 0 Å². The molecule has 1 aromatic rings. The van der Waals surface area contributed by atoms with Gasteiger partial charge >= 0.3 is 0 Å². The second-order valence-electron chi connectivity index (χ2n) is 2.83. The van der Waals surface area contributed by atoms with Crippen molar-refractivity contribution < 1.29 is 0 Å². The summed E-state index contributed by atoms with van der Waals surface area (Å²) < 4.78 is 0. The summed E-state index contributed by atoms with van der Waals surface area (Å²) in [5.41, 5.74) is 8.13. The number of rotatable bonds is 4. The fourth-order valence-corrected chi connectivity index (χ4v) is 1.80. The van der Waals surface area contributed by atoms with Crippen LogP contribution in [-0.4, -0.2) is 12.3 Å². The van der Waals surface area contributed by atoms with Crippen molar-refractivity contribution in [2.45, 2.75) is 12.7 Å². The molecule has 0 radical (unpaired) electrons. The summed E-state index contributed by atoms with van der Waals surface area (Å²) in [6.45, 7) is 2.90. The number of hydrogen-bond acceptors (Lipinski definition) is 2. The number of nitrogens with two attached hydrogens (primary N) is 1. The fraction of sp³-hybridized carbons (Fsp3) is 0.400. The topological polar surface area (TPSA) is 26.0 Å². The average molecular weight is 218 g/mol. The van der Waals surface area contributed by atoms with Crippen LogP contribution in [0.15, 0.2) is 24.3 Å². The first-order valence-electron chi connectivity index (χ1n) is 4.16. The van der Waals surface area contributed by atoms with E-state index in [9.17, 15) is 0 Å². The zero-order valence-corrected chi connectivity index (χ0v) is 9.46. The van der Waals surface area contributed by atoms with Crippen LogP contribution in [0.2, 0.25) is 0 Å². The van der Waals surface area contributed by atoms with Gasteiger partial charge in [-0.25, -0.2) is 0 Å². The van der Waals surface area contributed by atoms with Crippen molar-refractivity contribution >= 4 is 24.2 Å². The van der Waals surface area contributed by atoms with Gasteiger partial charge in [-0.3, -0.25) is 0 Å². The fourth-order valence-electron chi connectivity index (χ4n) is 1.08. The molecule has 0 fully saturated rings. The Morgan fingerprint density at radius 1 is 1.38 bits per heavy atom. The Bertz CT molecular complexity index is 240. The van der Waals surface area contributed by atoms with Gasteiger partial charge in [-0.05, 0) is 12.5 Å². The van der Waals surface area contributed by atoms with Gasteiger partial charge in [0.1, 0.15) is 0 Å². The van der Waals surface area contributed by atoms with Crippen molar-refractivity contribution in [3.8, 4) is 0 Å². The monoisotopic (exact) mass is 217 g/mol. The first-order valence-corrected chi connectivity index (χ1v) is 5.32. The van der Waals surface area contributed by atoms with Crippen LogP contribution >= 0.6 is 24.2 Å². The van der Waals surface area contributed by atoms with E-state index in [0.717, 1.165) is 18.1 Å². The smallest absolute Gasteiger partial charge is 0.0185 e. The number of aryl methyl sites for hydroxylation is 1. The Balaban J connectivity index is 0.00000144. The van der Waals surface area contributed by atoms with Crippen molar-refractivity contribution in [3.05, 3.63) is 35.4 Å². The molecular formula is C10H16ClNS. The largest absolute Gasteiger partial charge is 0.330 e. The van der Waals surface area contributed by atoms with Crippen LogP contribution in [-0.2, 0) is 5.75 Å². The highest BCUT2D eigenvalue weighted by Crippen LogP contribution is 2.12. The van der Waals surface area contributed by atoms with Gasteiger partial charge in [0.05, 0.1) is 0 Å². The maximum absolute atomic E-state index is 5.40. The summed E-state index contributed by atoms with van der Waals surface area (Å²) in [7, 11) is 0. The van der Waals surface area contributed by atoms with Gasteiger partial charge < -0.3 is 5.73 Å². The molecule has 2 N–H and O–H groups in total. The second-order valence-corrected chi connectivity index (χ2v) is 3.94. The zero-order valence-electron chi connectivity index (χ0n) is 7.82. The molecule has 74 valence electrons. The highest BCUT2D eigenvalue weighted by atomic mass is 35.5. The lowest BCUT2D eigenvalue weighted by molar-refractivity contribution is 1.15. The third kappa shape index (κ3) is 5.19. The van der Waals surface area contributed by atoms with Crippen LogP contribution in [0.4, 0.5) is 0 Å². The van der Waals surface area contributed by atoms with E-state index < -0.39 is 0 Å². The quantitative estimate of drug-likeness (QED) is 0.785. The van der Waals surface area contributed by atoms with Gasteiger partial charge in [0.2, 0.25) is 0 Å². The number of halogens is 1. The predicted octanol–water partition coefficient (Wildman–Crippen LogP) is 2.61. The predicted molar refractivity (Wildman–Crippen MR) is 63.6 cm³/mol. The number of hydrogen-bond donors (Lipinski definition) is 1. The van der Waals surface area contributed by atoms with Crippen LogP contribution in [0.25, 0.3) is 0 Å². The first kappa shape index (κ1) is 12.8. The van der Waals surface area contributed by atoms with Crippen molar-refractivity contribution in [2.75, 3.05) is 12.3 Å². The summed E-state index contributed by atoms with van der Waals surface area (Å²) in [5.74, 6) is 2.13. The van der Waals surface area contributed by atoms with Crippen molar-refractivity contribution in [1.82, 2.24) is 0 Å². The molecule has 0 amide bonds. The van der Waals surface area contributed by atoms with Crippen LogP contribution in [0, 0.1) is 6.92 Å². The molecule has 3 heteroatoms. The maximum Gasteiger partial charge on any atom is 0.0185 e. The molecule has 1 nitrogen and oxygen atoms in total. The first-order chi connectivity index (χ1) is 5.83. The van der Waals surface area contributed by atoms with E-state index in [-0.39, 0.29) is 12.4 Å². The average Bonchev–Trinajstić information content (AvgIpc) is 2.05. The van der Waals surface area contributed by atoms with Gasteiger partial charge in [0, 0.05) is 18.1 Å². The summed E-state index contributed by atoms with van der Waals surface area (Å²) >= 11 is 1.89. The molecule has 0 aliphatic heterocycles. The summed E-state index contributed by atoms with van der Waals surface area (Å²) in [4.78, 5) is 0. The lowest BCUT2D eigenvalue weighted by Crippen LogP contribution is -2.01. The van der Waals surface area contributed by atoms with Gasteiger partial charge in [-0.1, -0.05) is 29.8 Å². The highest BCUT2D eigenvalue weighted by Gasteiger charge is 1.92.